The van der Waals surface area contributed by atoms with Crippen molar-refractivity contribution in [3.8, 4) is 0 Å². The van der Waals surface area contributed by atoms with Crippen LogP contribution < -0.4 is 9.62 Å². The lowest BCUT2D eigenvalue weighted by Crippen LogP contribution is -2.53. The Morgan fingerprint density at radius 2 is 1.54 bits per heavy atom. The molecule has 2 amide bonds. The molecule has 3 rings (SSSR count). The third-order valence-corrected chi connectivity index (χ3v) is 8.66. The van der Waals surface area contributed by atoms with Gasteiger partial charge in [0.25, 0.3) is 10.0 Å². The fourth-order valence-corrected chi connectivity index (χ4v) is 5.85. The Labute approximate surface area is 244 Å². The molecule has 0 bridgehead atoms. The van der Waals surface area contributed by atoms with Crippen LogP contribution in [0.3, 0.4) is 0 Å². The lowest BCUT2D eigenvalue weighted by Gasteiger charge is -2.33. The van der Waals surface area contributed by atoms with Crippen LogP contribution in [-0.2, 0) is 26.2 Å². The summed E-state index contributed by atoms with van der Waals surface area (Å²) in [6.45, 7) is 4.92. The molecule has 1 N–H and O–H groups in total. The molecule has 208 valence electrons. The first kappa shape index (κ1) is 30.8. The van der Waals surface area contributed by atoms with Crippen LogP contribution in [0.4, 0.5) is 5.69 Å². The Morgan fingerprint density at radius 3 is 2.10 bits per heavy atom. The lowest BCUT2D eigenvalue weighted by atomic mass is 10.1. The highest BCUT2D eigenvalue weighted by atomic mass is 35.5. The Balaban J connectivity index is 2.05. The van der Waals surface area contributed by atoms with Gasteiger partial charge in [0.05, 0.1) is 20.6 Å². The van der Waals surface area contributed by atoms with Crippen LogP contribution >= 0.6 is 34.8 Å². The maximum Gasteiger partial charge on any atom is 0.264 e. The number of halogens is 3. The molecule has 0 aliphatic rings. The number of para-hydroxylation sites is 1. The molecule has 1 atom stereocenters. The van der Waals surface area contributed by atoms with Crippen molar-refractivity contribution >= 4 is 62.3 Å². The number of rotatable bonds is 11. The monoisotopic (exact) mass is 609 g/mol. The smallest absolute Gasteiger partial charge is 0.264 e. The van der Waals surface area contributed by atoms with Crippen molar-refractivity contribution in [3.05, 3.63) is 93.4 Å². The molecule has 0 aromatic heterocycles. The normalized spacial score (nSPS) is 12.2. The Kier molecular flexibility index (Phi) is 10.7. The quantitative estimate of drug-likeness (QED) is 0.281. The Morgan fingerprint density at radius 1 is 0.897 bits per heavy atom. The number of nitrogens with one attached hydrogen (secondary N) is 1. The predicted molar refractivity (Wildman–Crippen MR) is 157 cm³/mol. The largest absolute Gasteiger partial charge is 0.352 e. The summed E-state index contributed by atoms with van der Waals surface area (Å²) in [5, 5.41) is 3.90. The van der Waals surface area contributed by atoms with Crippen LogP contribution in [0.25, 0.3) is 0 Å². The number of hydrogen-bond donors (Lipinski definition) is 1. The number of hydrogen-bond acceptors (Lipinski definition) is 4. The van der Waals surface area contributed by atoms with E-state index in [1.54, 1.807) is 55.5 Å². The molecule has 0 spiro atoms. The van der Waals surface area contributed by atoms with Crippen molar-refractivity contribution < 1.29 is 18.0 Å². The summed E-state index contributed by atoms with van der Waals surface area (Å²) < 4.78 is 28.6. The van der Waals surface area contributed by atoms with Crippen LogP contribution in [0.15, 0.2) is 77.7 Å². The maximum atomic E-state index is 14.0. The van der Waals surface area contributed by atoms with E-state index in [9.17, 15) is 18.0 Å². The van der Waals surface area contributed by atoms with Gasteiger partial charge in [-0.05, 0) is 74.4 Å². The minimum Gasteiger partial charge on any atom is -0.352 e. The van der Waals surface area contributed by atoms with Gasteiger partial charge in [0.2, 0.25) is 11.8 Å². The van der Waals surface area contributed by atoms with Crippen molar-refractivity contribution in [1.82, 2.24) is 10.2 Å². The molecule has 0 saturated heterocycles. The number of amides is 2. The molecule has 0 aliphatic heterocycles. The topological polar surface area (TPSA) is 86.8 Å². The van der Waals surface area contributed by atoms with Gasteiger partial charge in [-0.15, -0.1) is 0 Å². The number of carbonyl (C=O) groups excluding carboxylic acids is 2. The standard InChI is InChI=1S/C28H30Cl3N3O4S/c1-4-26(28(36)32-19(2)3)33(17-20-10-15-24(30)25(31)16-20)27(35)18-34(22-8-6-5-7-9-22)39(37,38)23-13-11-21(29)12-14-23/h5-16,19,26H,4,17-18H2,1-3H3,(H,32,36). The van der Waals surface area contributed by atoms with E-state index in [0.717, 1.165) is 4.31 Å². The highest BCUT2D eigenvalue weighted by Crippen LogP contribution is 2.27. The summed E-state index contributed by atoms with van der Waals surface area (Å²) in [6, 6.07) is 18.0. The van der Waals surface area contributed by atoms with Gasteiger partial charge in [0, 0.05) is 17.6 Å². The van der Waals surface area contributed by atoms with Crippen molar-refractivity contribution in [3.63, 3.8) is 0 Å². The van der Waals surface area contributed by atoms with Gasteiger partial charge in [-0.3, -0.25) is 13.9 Å². The van der Waals surface area contributed by atoms with Crippen LogP contribution in [0.2, 0.25) is 15.1 Å². The first-order chi connectivity index (χ1) is 18.4. The second-order valence-electron chi connectivity index (χ2n) is 9.16. The molecule has 3 aromatic rings. The fraction of sp³-hybridized carbons (Fsp3) is 0.286. The third-order valence-electron chi connectivity index (χ3n) is 5.88. The minimum atomic E-state index is -4.17. The summed E-state index contributed by atoms with van der Waals surface area (Å²) >= 11 is 18.3. The highest BCUT2D eigenvalue weighted by Gasteiger charge is 2.33. The second-order valence-corrected chi connectivity index (χ2v) is 12.3. The van der Waals surface area contributed by atoms with Gasteiger partial charge in [0.15, 0.2) is 0 Å². The van der Waals surface area contributed by atoms with Gasteiger partial charge in [-0.25, -0.2) is 8.42 Å². The zero-order valence-electron chi connectivity index (χ0n) is 21.8. The van der Waals surface area contributed by atoms with Gasteiger partial charge >= 0.3 is 0 Å². The molecule has 3 aromatic carbocycles. The van der Waals surface area contributed by atoms with Crippen molar-refractivity contribution in [2.75, 3.05) is 10.8 Å². The average molecular weight is 611 g/mol. The number of benzene rings is 3. The first-order valence-electron chi connectivity index (χ1n) is 12.3. The summed E-state index contributed by atoms with van der Waals surface area (Å²) in [5.74, 6) is -0.902. The maximum absolute atomic E-state index is 14.0. The number of anilines is 1. The summed E-state index contributed by atoms with van der Waals surface area (Å²) in [5.41, 5.74) is 0.940. The van der Waals surface area contributed by atoms with Crippen LogP contribution in [-0.4, -0.2) is 43.8 Å². The third kappa shape index (κ3) is 7.88. The van der Waals surface area contributed by atoms with E-state index in [1.165, 1.54) is 29.2 Å². The molecule has 0 fully saturated rings. The van der Waals surface area contributed by atoms with Gasteiger partial charge in [0.1, 0.15) is 12.6 Å². The zero-order valence-corrected chi connectivity index (χ0v) is 24.9. The predicted octanol–water partition coefficient (Wildman–Crippen LogP) is 6.17. The van der Waals surface area contributed by atoms with E-state index in [-0.39, 0.29) is 23.4 Å². The minimum absolute atomic E-state index is 0.0172. The van der Waals surface area contributed by atoms with Crippen LogP contribution in [0, 0.1) is 0 Å². The lowest BCUT2D eigenvalue weighted by molar-refractivity contribution is -0.140. The number of nitrogens with zero attached hydrogens (tertiary/aromatic N) is 2. The first-order valence-corrected chi connectivity index (χ1v) is 14.9. The molecule has 11 heteroatoms. The molecular formula is C28H30Cl3N3O4S. The molecule has 0 radical (unpaired) electrons. The summed E-state index contributed by atoms with van der Waals surface area (Å²) in [4.78, 5) is 28.5. The fourth-order valence-electron chi connectivity index (χ4n) is 3.99. The van der Waals surface area contributed by atoms with E-state index in [0.29, 0.717) is 32.7 Å². The summed E-state index contributed by atoms with van der Waals surface area (Å²) in [6.07, 6.45) is 0.306. The van der Waals surface area contributed by atoms with Crippen molar-refractivity contribution in [2.24, 2.45) is 0 Å². The molecule has 0 heterocycles. The SMILES string of the molecule is CCC(C(=O)NC(C)C)N(Cc1ccc(Cl)c(Cl)c1)C(=O)CN(c1ccccc1)S(=O)(=O)c1ccc(Cl)cc1. The van der Waals surface area contributed by atoms with Gasteiger partial charge in [-0.1, -0.05) is 66.0 Å². The zero-order chi connectivity index (χ0) is 28.7. The van der Waals surface area contributed by atoms with E-state index in [2.05, 4.69) is 5.32 Å². The molecule has 7 nitrogen and oxygen atoms in total. The number of sulfonamides is 1. The Hall–Kier alpha value is -2.78. The van der Waals surface area contributed by atoms with Crippen molar-refractivity contribution in [1.29, 1.82) is 0 Å². The van der Waals surface area contributed by atoms with E-state index < -0.39 is 28.5 Å². The molecule has 0 aliphatic carbocycles. The molecular weight excluding hydrogens is 581 g/mol. The molecule has 39 heavy (non-hydrogen) atoms. The van der Waals surface area contributed by atoms with E-state index >= 15 is 0 Å². The number of carbonyl (C=O) groups is 2. The Bertz CT molecular complexity index is 1400. The van der Waals surface area contributed by atoms with E-state index in [1.807, 2.05) is 13.8 Å². The second kappa shape index (κ2) is 13.5. The summed E-state index contributed by atoms with van der Waals surface area (Å²) in [7, 11) is -4.17. The van der Waals surface area contributed by atoms with Crippen molar-refractivity contribution in [2.45, 2.75) is 50.7 Å². The molecule has 0 saturated carbocycles. The molecule has 1 unspecified atom stereocenters. The van der Waals surface area contributed by atoms with Gasteiger partial charge < -0.3 is 10.2 Å². The van der Waals surface area contributed by atoms with Crippen LogP contribution in [0.5, 0.6) is 0 Å². The average Bonchev–Trinajstić information content (AvgIpc) is 2.89. The van der Waals surface area contributed by atoms with E-state index in [4.69, 9.17) is 34.8 Å². The van der Waals surface area contributed by atoms with Crippen LogP contribution in [0.1, 0.15) is 32.8 Å². The van der Waals surface area contributed by atoms with Gasteiger partial charge in [-0.2, -0.15) is 0 Å². The highest BCUT2D eigenvalue weighted by molar-refractivity contribution is 7.92.